The molecule has 3 nitrogen and oxygen atoms in total. The van der Waals surface area contributed by atoms with Crippen molar-refractivity contribution in [1.29, 1.82) is 0 Å². The fourth-order valence-electron chi connectivity index (χ4n) is 2.34. The molecule has 0 unspecified atom stereocenters. The van der Waals surface area contributed by atoms with Crippen LogP contribution in [0.1, 0.15) is 21.5 Å². The van der Waals surface area contributed by atoms with E-state index in [0.717, 1.165) is 23.0 Å². The average Bonchev–Trinajstić information content (AvgIpc) is 2.55. The number of rotatable bonds is 2. The number of pyridine rings is 1. The van der Waals surface area contributed by atoms with Gasteiger partial charge in [0.05, 0.1) is 11.1 Å². The highest BCUT2D eigenvalue weighted by Crippen LogP contribution is 2.32. The standard InChI is InChI=1S/C18H13F3N2O/c1-11-4-6-14(18(19,20)21)10-16(11)23-17(24)13-5-7-15-12(9-13)3-2-8-22-15/h2-10H,1H3,(H,23,24). The summed E-state index contributed by atoms with van der Waals surface area (Å²) in [6, 6.07) is 11.8. The van der Waals surface area contributed by atoms with Crippen molar-refractivity contribution in [3.05, 3.63) is 71.4 Å². The Morgan fingerprint density at radius 3 is 2.62 bits per heavy atom. The van der Waals surface area contributed by atoms with Crippen LogP contribution in [0, 0.1) is 6.92 Å². The number of hydrogen-bond donors (Lipinski definition) is 1. The van der Waals surface area contributed by atoms with Gasteiger partial charge in [-0.05, 0) is 48.9 Å². The maximum absolute atomic E-state index is 12.8. The molecule has 0 saturated carbocycles. The molecular formula is C18H13F3N2O. The van der Waals surface area contributed by atoms with Crippen molar-refractivity contribution in [1.82, 2.24) is 4.98 Å². The van der Waals surface area contributed by atoms with Crippen LogP contribution in [0.3, 0.4) is 0 Å². The Bertz CT molecular complexity index is 920. The summed E-state index contributed by atoms with van der Waals surface area (Å²) in [6.07, 6.45) is -2.81. The van der Waals surface area contributed by atoms with E-state index in [4.69, 9.17) is 0 Å². The van der Waals surface area contributed by atoms with Gasteiger partial charge in [0.2, 0.25) is 0 Å². The van der Waals surface area contributed by atoms with Gasteiger partial charge in [-0.3, -0.25) is 9.78 Å². The molecule has 1 aromatic heterocycles. The Kier molecular flexibility index (Phi) is 3.97. The third-order valence-corrected chi connectivity index (χ3v) is 3.68. The number of carbonyl (C=O) groups excluding carboxylic acids is 1. The molecule has 0 saturated heterocycles. The van der Waals surface area contributed by atoms with E-state index in [1.165, 1.54) is 6.07 Å². The second-order valence-corrected chi connectivity index (χ2v) is 5.39. The van der Waals surface area contributed by atoms with Crippen LogP contribution in [-0.4, -0.2) is 10.9 Å². The molecule has 0 radical (unpaired) electrons. The molecule has 2 aromatic carbocycles. The topological polar surface area (TPSA) is 42.0 Å². The van der Waals surface area contributed by atoms with Gasteiger partial charge < -0.3 is 5.32 Å². The van der Waals surface area contributed by atoms with E-state index in [2.05, 4.69) is 10.3 Å². The first-order valence-corrected chi connectivity index (χ1v) is 7.18. The summed E-state index contributed by atoms with van der Waals surface area (Å²) < 4.78 is 38.4. The van der Waals surface area contributed by atoms with E-state index in [0.29, 0.717) is 11.1 Å². The highest BCUT2D eigenvalue weighted by Gasteiger charge is 2.31. The van der Waals surface area contributed by atoms with Crippen molar-refractivity contribution in [3.8, 4) is 0 Å². The summed E-state index contributed by atoms with van der Waals surface area (Å²) in [4.78, 5) is 16.5. The zero-order chi connectivity index (χ0) is 17.3. The molecule has 122 valence electrons. The maximum Gasteiger partial charge on any atom is 0.416 e. The SMILES string of the molecule is Cc1ccc(C(F)(F)F)cc1NC(=O)c1ccc2ncccc2c1. The van der Waals surface area contributed by atoms with E-state index in [-0.39, 0.29) is 5.69 Å². The average molecular weight is 330 g/mol. The molecule has 0 aliphatic rings. The Morgan fingerprint density at radius 1 is 1.08 bits per heavy atom. The number of carbonyl (C=O) groups is 1. The second-order valence-electron chi connectivity index (χ2n) is 5.39. The van der Waals surface area contributed by atoms with Gasteiger partial charge in [-0.2, -0.15) is 13.2 Å². The number of nitrogens with zero attached hydrogens (tertiary/aromatic N) is 1. The summed E-state index contributed by atoms with van der Waals surface area (Å²) in [7, 11) is 0. The van der Waals surface area contributed by atoms with E-state index < -0.39 is 17.6 Å². The Balaban J connectivity index is 1.91. The van der Waals surface area contributed by atoms with E-state index in [1.54, 1.807) is 37.4 Å². The number of anilines is 1. The molecule has 0 aliphatic carbocycles. The van der Waals surface area contributed by atoms with Crippen molar-refractivity contribution in [2.24, 2.45) is 0 Å². The molecule has 0 spiro atoms. The molecule has 1 heterocycles. The lowest BCUT2D eigenvalue weighted by Gasteiger charge is -2.13. The van der Waals surface area contributed by atoms with Crippen LogP contribution in [0.2, 0.25) is 0 Å². The molecule has 24 heavy (non-hydrogen) atoms. The number of fused-ring (bicyclic) bond motifs is 1. The molecule has 3 rings (SSSR count). The van der Waals surface area contributed by atoms with E-state index in [9.17, 15) is 18.0 Å². The quantitative estimate of drug-likeness (QED) is 0.732. The van der Waals surface area contributed by atoms with Crippen molar-refractivity contribution < 1.29 is 18.0 Å². The fourth-order valence-corrected chi connectivity index (χ4v) is 2.34. The lowest BCUT2D eigenvalue weighted by molar-refractivity contribution is -0.137. The highest BCUT2D eigenvalue weighted by molar-refractivity contribution is 6.06. The molecule has 1 amide bonds. The third-order valence-electron chi connectivity index (χ3n) is 3.68. The third kappa shape index (κ3) is 3.22. The summed E-state index contributed by atoms with van der Waals surface area (Å²) in [6.45, 7) is 1.64. The number of nitrogens with one attached hydrogen (secondary N) is 1. The molecule has 6 heteroatoms. The van der Waals surface area contributed by atoms with Gasteiger partial charge in [-0.15, -0.1) is 0 Å². The Hall–Kier alpha value is -2.89. The monoisotopic (exact) mass is 330 g/mol. The molecule has 3 aromatic rings. The van der Waals surface area contributed by atoms with Crippen LogP contribution in [0.25, 0.3) is 10.9 Å². The maximum atomic E-state index is 12.8. The van der Waals surface area contributed by atoms with Crippen LogP contribution < -0.4 is 5.32 Å². The minimum absolute atomic E-state index is 0.140. The van der Waals surface area contributed by atoms with Crippen molar-refractivity contribution in [2.75, 3.05) is 5.32 Å². The van der Waals surface area contributed by atoms with Gasteiger partial charge >= 0.3 is 6.18 Å². The number of halogens is 3. The van der Waals surface area contributed by atoms with Gasteiger partial charge in [0.25, 0.3) is 5.91 Å². The fraction of sp³-hybridized carbons (Fsp3) is 0.111. The summed E-state index contributed by atoms with van der Waals surface area (Å²) in [5.41, 5.74) is 0.989. The number of aromatic nitrogens is 1. The minimum atomic E-state index is -4.46. The Morgan fingerprint density at radius 2 is 1.88 bits per heavy atom. The number of alkyl halides is 3. The number of hydrogen-bond acceptors (Lipinski definition) is 2. The summed E-state index contributed by atoms with van der Waals surface area (Å²) >= 11 is 0. The number of aryl methyl sites for hydroxylation is 1. The van der Waals surface area contributed by atoms with Crippen LogP contribution in [-0.2, 0) is 6.18 Å². The smallest absolute Gasteiger partial charge is 0.322 e. The van der Waals surface area contributed by atoms with E-state index in [1.807, 2.05) is 6.07 Å². The first kappa shape index (κ1) is 16.0. The van der Waals surface area contributed by atoms with Crippen LogP contribution in [0.5, 0.6) is 0 Å². The van der Waals surface area contributed by atoms with Crippen molar-refractivity contribution >= 4 is 22.5 Å². The van der Waals surface area contributed by atoms with Crippen molar-refractivity contribution in [2.45, 2.75) is 13.1 Å². The lowest BCUT2D eigenvalue weighted by Crippen LogP contribution is -2.14. The Labute approximate surface area is 136 Å². The number of benzene rings is 2. The molecule has 1 N–H and O–H groups in total. The van der Waals surface area contributed by atoms with Gasteiger partial charge in [-0.25, -0.2) is 0 Å². The lowest BCUT2D eigenvalue weighted by atomic mass is 10.1. The van der Waals surface area contributed by atoms with Gasteiger partial charge in [0, 0.05) is 22.8 Å². The molecule has 0 aliphatic heterocycles. The second kappa shape index (κ2) is 5.96. The zero-order valence-electron chi connectivity index (χ0n) is 12.7. The van der Waals surface area contributed by atoms with Crippen LogP contribution in [0.15, 0.2) is 54.7 Å². The molecular weight excluding hydrogens is 317 g/mol. The normalized spacial score (nSPS) is 11.5. The van der Waals surface area contributed by atoms with Gasteiger partial charge in [0.1, 0.15) is 0 Å². The first-order valence-electron chi connectivity index (χ1n) is 7.18. The number of amides is 1. The first-order chi connectivity index (χ1) is 11.3. The van der Waals surface area contributed by atoms with E-state index >= 15 is 0 Å². The van der Waals surface area contributed by atoms with Gasteiger partial charge in [0.15, 0.2) is 0 Å². The van der Waals surface area contributed by atoms with Crippen molar-refractivity contribution in [3.63, 3.8) is 0 Å². The minimum Gasteiger partial charge on any atom is -0.322 e. The molecule has 0 fully saturated rings. The largest absolute Gasteiger partial charge is 0.416 e. The predicted molar refractivity (Wildman–Crippen MR) is 85.9 cm³/mol. The highest BCUT2D eigenvalue weighted by atomic mass is 19.4. The molecule has 0 bridgehead atoms. The van der Waals surface area contributed by atoms with Crippen LogP contribution >= 0.6 is 0 Å². The van der Waals surface area contributed by atoms with Crippen LogP contribution in [0.4, 0.5) is 18.9 Å². The summed E-state index contributed by atoms with van der Waals surface area (Å²) in [5.74, 6) is -0.469. The van der Waals surface area contributed by atoms with Gasteiger partial charge in [-0.1, -0.05) is 12.1 Å². The zero-order valence-corrected chi connectivity index (χ0v) is 12.7. The summed E-state index contributed by atoms with van der Waals surface area (Å²) in [5, 5.41) is 3.33. The molecule has 0 atom stereocenters. The predicted octanol–water partition coefficient (Wildman–Crippen LogP) is 4.81.